The third-order valence-corrected chi connectivity index (χ3v) is 3.48. The van der Waals surface area contributed by atoms with Crippen molar-refractivity contribution in [2.75, 3.05) is 13.1 Å². The molecule has 2 N–H and O–H groups in total. The van der Waals surface area contributed by atoms with Crippen molar-refractivity contribution in [1.82, 2.24) is 10.6 Å². The molecule has 1 saturated carbocycles. The molecule has 0 aromatic heterocycles. The summed E-state index contributed by atoms with van der Waals surface area (Å²) in [5.74, 6) is 0.527. The quantitative estimate of drug-likeness (QED) is 0.755. The number of carbonyl (C=O) groups is 1. The normalized spacial score (nSPS) is 16.3. The zero-order valence-electron chi connectivity index (χ0n) is 11.2. The standard InChI is InChI=1S/C15H22N2O/c1-11-5-3-4-6-14(11)12(2)16-9-10-17-15(18)13-7-8-13/h3-6,12-13,16H,7-10H2,1-2H3,(H,17,18). The molecule has 0 radical (unpaired) electrons. The maximum atomic E-state index is 11.4. The van der Waals surface area contributed by atoms with E-state index in [4.69, 9.17) is 0 Å². The van der Waals surface area contributed by atoms with Gasteiger partial charge >= 0.3 is 0 Å². The molecule has 3 heteroatoms. The smallest absolute Gasteiger partial charge is 0.223 e. The molecule has 1 amide bonds. The number of rotatable bonds is 6. The average molecular weight is 246 g/mol. The van der Waals surface area contributed by atoms with Gasteiger partial charge < -0.3 is 10.6 Å². The number of benzene rings is 1. The van der Waals surface area contributed by atoms with E-state index in [1.807, 2.05) is 0 Å². The van der Waals surface area contributed by atoms with Gasteiger partial charge in [0.25, 0.3) is 0 Å². The van der Waals surface area contributed by atoms with Crippen LogP contribution in [-0.2, 0) is 4.79 Å². The predicted octanol–water partition coefficient (Wildman–Crippen LogP) is 2.17. The monoisotopic (exact) mass is 246 g/mol. The van der Waals surface area contributed by atoms with Crippen LogP contribution in [0.15, 0.2) is 24.3 Å². The lowest BCUT2D eigenvalue weighted by atomic mass is 10.0. The van der Waals surface area contributed by atoms with Gasteiger partial charge in [0.15, 0.2) is 0 Å². The topological polar surface area (TPSA) is 41.1 Å². The molecular weight excluding hydrogens is 224 g/mol. The average Bonchev–Trinajstić information content (AvgIpc) is 3.19. The minimum atomic E-state index is 0.223. The van der Waals surface area contributed by atoms with E-state index in [1.54, 1.807) is 0 Å². The largest absolute Gasteiger partial charge is 0.355 e. The first-order valence-corrected chi connectivity index (χ1v) is 6.75. The predicted molar refractivity (Wildman–Crippen MR) is 73.3 cm³/mol. The van der Waals surface area contributed by atoms with Crippen molar-refractivity contribution in [2.45, 2.75) is 32.7 Å². The fourth-order valence-electron chi connectivity index (χ4n) is 2.15. The highest BCUT2D eigenvalue weighted by Crippen LogP contribution is 2.28. The Bertz CT molecular complexity index is 413. The summed E-state index contributed by atoms with van der Waals surface area (Å²) in [5, 5.41) is 6.40. The molecule has 98 valence electrons. The molecular formula is C15H22N2O. The number of nitrogens with one attached hydrogen (secondary N) is 2. The minimum absolute atomic E-state index is 0.223. The van der Waals surface area contributed by atoms with E-state index in [0.717, 1.165) is 19.4 Å². The maximum absolute atomic E-state index is 11.4. The van der Waals surface area contributed by atoms with Gasteiger partial charge in [-0.1, -0.05) is 24.3 Å². The van der Waals surface area contributed by atoms with Crippen LogP contribution in [0.2, 0.25) is 0 Å². The molecule has 1 aromatic rings. The fraction of sp³-hybridized carbons (Fsp3) is 0.533. The van der Waals surface area contributed by atoms with Gasteiger partial charge in [0.2, 0.25) is 5.91 Å². The summed E-state index contributed by atoms with van der Waals surface area (Å²) in [6.45, 7) is 5.81. The van der Waals surface area contributed by atoms with Crippen molar-refractivity contribution in [2.24, 2.45) is 5.92 Å². The molecule has 1 aliphatic carbocycles. The molecule has 1 unspecified atom stereocenters. The number of amides is 1. The van der Waals surface area contributed by atoms with Gasteiger partial charge in [0.05, 0.1) is 0 Å². The summed E-state index contributed by atoms with van der Waals surface area (Å²) >= 11 is 0. The number of aryl methyl sites for hydroxylation is 1. The summed E-state index contributed by atoms with van der Waals surface area (Å²) in [6, 6.07) is 8.72. The number of hydrogen-bond donors (Lipinski definition) is 2. The van der Waals surface area contributed by atoms with Crippen LogP contribution >= 0.6 is 0 Å². The Morgan fingerprint density at radius 1 is 1.33 bits per heavy atom. The Labute approximate surface area is 109 Å². The van der Waals surface area contributed by atoms with E-state index in [9.17, 15) is 4.79 Å². The van der Waals surface area contributed by atoms with E-state index < -0.39 is 0 Å². The second-order valence-electron chi connectivity index (χ2n) is 5.10. The SMILES string of the molecule is Cc1ccccc1C(C)NCCNC(=O)C1CC1. The highest BCUT2D eigenvalue weighted by Gasteiger charge is 2.28. The minimum Gasteiger partial charge on any atom is -0.355 e. The lowest BCUT2D eigenvalue weighted by molar-refractivity contribution is -0.122. The van der Waals surface area contributed by atoms with Crippen molar-refractivity contribution in [3.63, 3.8) is 0 Å². The van der Waals surface area contributed by atoms with Gasteiger partial charge in [0.1, 0.15) is 0 Å². The fourth-order valence-corrected chi connectivity index (χ4v) is 2.15. The van der Waals surface area contributed by atoms with Gasteiger partial charge in [-0.15, -0.1) is 0 Å². The van der Waals surface area contributed by atoms with Crippen LogP contribution in [-0.4, -0.2) is 19.0 Å². The third-order valence-electron chi connectivity index (χ3n) is 3.48. The van der Waals surface area contributed by atoms with Crippen LogP contribution in [0.4, 0.5) is 0 Å². The van der Waals surface area contributed by atoms with Crippen LogP contribution in [0.1, 0.15) is 36.9 Å². The van der Waals surface area contributed by atoms with Gasteiger partial charge in [-0.2, -0.15) is 0 Å². The van der Waals surface area contributed by atoms with Crippen LogP contribution in [0.25, 0.3) is 0 Å². The summed E-state index contributed by atoms with van der Waals surface area (Å²) in [7, 11) is 0. The molecule has 0 spiro atoms. The Kier molecular flexibility index (Phi) is 4.37. The van der Waals surface area contributed by atoms with Gasteiger partial charge in [-0.25, -0.2) is 0 Å². The highest BCUT2D eigenvalue weighted by molar-refractivity contribution is 5.80. The third kappa shape index (κ3) is 3.57. The highest BCUT2D eigenvalue weighted by atomic mass is 16.2. The van der Waals surface area contributed by atoms with Crippen molar-refractivity contribution in [1.29, 1.82) is 0 Å². The summed E-state index contributed by atoms with van der Waals surface area (Å²) < 4.78 is 0. The number of carbonyl (C=O) groups excluding carboxylic acids is 1. The zero-order valence-corrected chi connectivity index (χ0v) is 11.2. The second-order valence-corrected chi connectivity index (χ2v) is 5.10. The molecule has 1 atom stereocenters. The summed E-state index contributed by atoms with van der Waals surface area (Å²) in [5.41, 5.74) is 2.63. The van der Waals surface area contributed by atoms with Crippen molar-refractivity contribution in [3.05, 3.63) is 35.4 Å². The van der Waals surface area contributed by atoms with Crippen LogP contribution in [0, 0.1) is 12.8 Å². The lowest BCUT2D eigenvalue weighted by Crippen LogP contribution is -2.33. The molecule has 0 bridgehead atoms. The van der Waals surface area contributed by atoms with E-state index in [-0.39, 0.29) is 5.91 Å². The van der Waals surface area contributed by atoms with Crippen LogP contribution < -0.4 is 10.6 Å². The Balaban J connectivity index is 1.69. The Morgan fingerprint density at radius 3 is 2.72 bits per heavy atom. The Hall–Kier alpha value is -1.35. The van der Waals surface area contributed by atoms with Crippen molar-refractivity contribution >= 4 is 5.91 Å². The molecule has 0 heterocycles. The second kappa shape index (κ2) is 6.01. The first kappa shape index (κ1) is 13.1. The van der Waals surface area contributed by atoms with Crippen molar-refractivity contribution < 1.29 is 4.79 Å². The van der Waals surface area contributed by atoms with Crippen LogP contribution in [0.3, 0.4) is 0 Å². The van der Waals surface area contributed by atoms with E-state index in [0.29, 0.717) is 18.5 Å². The maximum Gasteiger partial charge on any atom is 0.223 e. The van der Waals surface area contributed by atoms with Crippen molar-refractivity contribution in [3.8, 4) is 0 Å². The van der Waals surface area contributed by atoms with E-state index >= 15 is 0 Å². The molecule has 18 heavy (non-hydrogen) atoms. The first-order valence-electron chi connectivity index (χ1n) is 6.75. The van der Waals surface area contributed by atoms with E-state index in [2.05, 4.69) is 48.7 Å². The molecule has 0 aliphatic heterocycles. The number of hydrogen-bond acceptors (Lipinski definition) is 2. The Morgan fingerprint density at radius 2 is 2.06 bits per heavy atom. The first-order chi connectivity index (χ1) is 8.68. The van der Waals surface area contributed by atoms with Crippen LogP contribution in [0.5, 0.6) is 0 Å². The van der Waals surface area contributed by atoms with Gasteiger partial charge in [-0.05, 0) is 37.8 Å². The lowest BCUT2D eigenvalue weighted by Gasteiger charge is -2.16. The van der Waals surface area contributed by atoms with E-state index in [1.165, 1.54) is 11.1 Å². The molecule has 1 fully saturated rings. The molecule has 1 aliphatic rings. The summed E-state index contributed by atoms with van der Waals surface area (Å²) in [6.07, 6.45) is 2.14. The summed E-state index contributed by atoms with van der Waals surface area (Å²) in [4.78, 5) is 11.4. The molecule has 2 rings (SSSR count). The molecule has 1 aromatic carbocycles. The van der Waals surface area contributed by atoms with Gasteiger partial charge in [0, 0.05) is 25.0 Å². The molecule has 3 nitrogen and oxygen atoms in total. The van der Waals surface area contributed by atoms with Gasteiger partial charge in [-0.3, -0.25) is 4.79 Å². The zero-order chi connectivity index (χ0) is 13.0. The molecule has 0 saturated heterocycles.